The van der Waals surface area contributed by atoms with Crippen LogP contribution in [0.25, 0.3) is 0 Å². The molecule has 1 aromatic carbocycles. The first-order chi connectivity index (χ1) is 10.6. The Hall–Kier alpha value is -2.04. The number of rotatable bonds is 8. The van der Waals surface area contributed by atoms with E-state index in [0.717, 1.165) is 6.42 Å². The fourth-order valence-electron chi connectivity index (χ4n) is 2.10. The minimum Gasteiger partial charge on any atom is -0.457 e. The van der Waals surface area contributed by atoms with Gasteiger partial charge in [-0.25, -0.2) is 9.59 Å². The second-order valence-corrected chi connectivity index (χ2v) is 4.92. The molecule has 0 radical (unpaired) electrons. The van der Waals surface area contributed by atoms with Gasteiger partial charge in [0, 0.05) is 6.54 Å². The van der Waals surface area contributed by atoms with Crippen molar-refractivity contribution in [1.82, 2.24) is 4.90 Å². The van der Waals surface area contributed by atoms with Gasteiger partial charge in [-0.15, -0.1) is 0 Å². The van der Waals surface area contributed by atoms with Crippen molar-refractivity contribution in [2.75, 3.05) is 19.7 Å². The van der Waals surface area contributed by atoms with Crippen LogP contribution in [0.2, 0.25) is 0 Å². The molecule has 0 N–H and O–H groups in total. The molecule has 0 bridgehead atoms. The number of benzene rings is 1. The second-order valence-electron chi connectivity index (χ2n) is 4.92. The van der Waals surface area contributed by atoms with Gasteiger partial charge >= 0.3 is 12.1 Å². The number of carbonyl (C=O) groups excluding carboxylic acids is 2. The standard InChI is InChI=1S/C17H25NO4/c1-4-10-15(13-18(5-2)17(20)21-6-3)22-16(19)14-11-8-7-9-12-14/h7-9,11-12,15H,4-6,10,13H2,1-3H3. The van der Waals surface area contributed by atoms with E-state index in [1.165, 1.54) is 0 Å². The summed E-state index contributed by atoms with van der Waals surface area (Å²) in [5.41, 5.74) is 0.516. The highest BCUT2D eigenvalue weighted by Gasteiger charge is 2.21. The van der Waals surface area contributed by atoms with E-state index in [0.29, 0.717) is 31.7 Å². The molecule has 1 atom stereocenters. The zero-order chi connectivity index (χ0) is 16.4. The minimum atomic E-state index is -0.373. The van der Waals surface area contributed by atoms with E-state index in [2.05, 4.69) is 0 Å². The van der Waals surface area contributed by atoms with Gasteiger partial charge in [0.1, 0.15) is 6.10 Å². The first kappa shape index (κ1) is 18.0. The summed E-state index contributed by atoms with van der Waals surface area (Å²) in [6, 6.07) is 8.87. The lowest BCUT2D eigenvalue weighted by Gasteiger charge is -2.25. The van der Waals surface area contributed by atoms with E-state index < -0.39 is 0 Å². The fourth-order valence-corrected chi connectivity index (χ4v) is 2.10. The van der Waals surface area contributed by atoms with Crippen molar-refractivity contribution in [3.05, 3.63) is 35.9 Å². The lowest BCUT2D eigenvalue weighted by Crippen LogP contribution is -2.39. The van der Waals surface area contributed by atoms with Crippen molar-refractivity contribution in [1.29, 1.82) is 0 Å². The summed E-state index contributed by atoms with van der Waals surface area (Å²) in [7, 11) is 0. The fraction of sp³-hybridized carbons (Fsp3) is 0.529. The molecule has 22 heavy (non-hydrogen) atoms. The highest BCUT2D eigenvalue weighted by molar-refractivity contribution is 5.89. The Morgan fingerprint density at radius 2 is 1.82 bits per heavy atom. The third kappa shape index (κ3) is 5.76. The molecule has 0 saturated carbocycles. The number of amides is 1. The van der Waals surface area contributed by atoms with Crippen molar-refractivity contribution < 1.29 is 19.1 Å². The molecule has 5 nitrogen and oxygen atoms in total. The maximum absolute atomic E-state index is 12.1. The number of carbonyl (C=O) groups is 2. The average molecular weight is 307 g/mol. The Kier molecular flexibility index (Phi) is 8.04. The summed E-state index contributed by atoms with van der Waals surface area (Å²) < 4.78 is 10.6. The van der Waals surface area contributed by atoms with Gasteiger partial charge in [0.2, 0.25) is 0 Å². The van der Waals surface area contributed by atoms with Crippen molar-refractivity contribution >= 4 is 12.1 Å². The quantitative estimate of drug-likeness (QED) is 0.690. The molecular formula is C17H25NO4. The van der Waals surface area contributed by atoms with Crippen molar-refractivity contribution in [2.24, 2.45) is 0 Å². The van der Waals surface area contributed by atoms with Gasteiger partial charge in [-0.1, -0.05) is 31.5 Å². The second kappa shape index (κ2) is 9.82. The summed E-state index contributed by atoms with van der Waals surface area (Å²) in [6.07, 6.45) is 0.866. The average Bonchev–Trinajstić information content (AvgIpc) is 2.53. The molecule has 122 valence electrons. The molecule has 1 rings (SSSR count). The molecule has 0 aliphatic carbocycles. The summed E-state index contributed by atoms with van der Waals surface area (Å²) >= 11 is 0. The van der Waals surface area contributed by atoms with Crippen LogP contribution in [0.3, 0.4) is 0 Å². The normalized spacial score (nSPS) is 11.6. The van der Waals surface area contributed by atoms with Gasteiger partial charge in [0.05, 0.1) is 18.7 Å². The Labute approximate surface area is 132 Å². The predicted octanol–water partition coefficient (Wildman–Crippen LogP) is 3.49. The molecule has 1 amide bonds. The molecule has 0 spiro atoms. The molecule has 5 heteroatoms. The summed E-state index contributed by atoms with van der Waals surface area (Å²) in [6.45, 7) is 6.86. The highest BCUT2D eigenvalue weighted by atomic mass is 16.6. The van der Waals surface area contributed by atoms with Gasteiger partial charge in [0.25, 0.3) is 0 Å². The summed E-state index contributed by atoms with van der Waals surface area (Å²) in [4.78, 5) is 25.5. The van der Waals surface area contributed by atoms with Gasteiger partial charge in [-0.3, -0.25) is 0 Å². The number of ether oxygens (including phenoxy) is 2. The van der Waals surface area contributed by atoms with Crippen LogP contribution in [0.1, 0.15) is 44.0 Å². The van der Waals surface area contributed by atoms with Crippen molar-refractivity contribution in [3.63, 3.8) is 0 Å². The van der Waals surface area contributed by atoms with E-state index in [1.807, 2.05) is 19.9 Å². The van der Waals surface area contributed by atoms with Crippen LogP contribution in [0.4, 0.5) is 4.79 Å². The zero-order valence-corrected chi connectivity index (χ0v) is 13.6. The maximum Gasteiger partial charge on any atom is 0.409 e. The molecule has 0 saturated heterocycles. The van der Waals surface area contributed by atoms with E-state index in [1.54, 1.807) is 36.1 Å². The molecule has 0 fully saturated rings. The molecule has 1 aromatic rings. The van der Waals surface area contributed by atoms with Crippen LogP contribution in [0.15, 0.2) is 30.3 Å². The van der Waals surface area contributed by atoms with Gasteiger partial charge < -0.3 is 14.4 Å². The van der Waals surface area contributed by atoms with Crippen LogP contribution in [-0.4, -0.2) is 42.8 Å². The van der Waals surface area contributed by atoms with Crippen LogP contribution < -0.4 is 0 Å². The molecule has 1 unspecified atom stereocenters. The number of nitrogens with zero attached hydrogens (tertiary/aromatic N) is 1. The van der Waals surface area contributed by atoms with Crippen molar-refractivity contribution in [2.45, 2.75) is 39.7 Å². The SMILES string of the molecule is CCCC(CN(CC)C(=O)OCC)OC(=O)c1ccccc1. The predicted molar refractivity (Wildman–Crippen MR) is 84.8 cm³/mol. The molecule has 0 heterocycles. The largest absolute Gasteiger partial charge is 0.457 e. The Bertz CT molecular complexity index is 461. The third-order valence-electron chi connectivity index (χ3n) is 3.23. The smallest absolute Gasteiger partial charge is 0.409 e. The molecular weight excluding hydrogens is 282 g/mol. The lowest BCUT2D eigenvalue weighted by atomic mass is 10.2. The van der Waals surface area contributed by atoms with Crippen LogP contribution >= 0.6 is 0 Å². The Morgan fingerprint density at radius 3 is 2.36 bits per heavy atom. The van der Waals surface area contributed by atoms with Crippen LogP contribution in [0, 0.1) is 0 Å². The zero-order valence-electron chi connectivity index (χ0n) is 13.6. The van der Waals surface area contributed by atoms with Crippen molar-refractivity contribution in [3.8, 4) is 0 Å². The van der Waals surface area contributed by atoms with Gasteiger partial charge in [-0.05, 0) is 32.4 Å². The van der Waals surface area contributed by atoms with Gasteiger partial charge in [-0.2, -0.15) is 0 Å². The van der Waals surface area contributed by atoms with E-state index in [9.17, 15) is 9.59 Å². The number of esters is 1. The first-order valence-corrected chi connectivity index (χ1v) is 7.80. The first-order valence-electron chi connectivity index (χ1n) is 7.80. The molecule has 0 aliphatic heterocycles. The van der Waals surface area contributed by atoms with Crippen LogP contribution in [-0.2, 0) is 9.47 Å². The summed E-state index contributed by atoms with van der Waals surface area (Å²) in [5.74, 6) is -0.362. The third-order valence-corrected chi connectivity index (χ3v) is 3.23. The topological polar surface area (TPSA) is 55.8 Å². The van der Waals surface area contributed by atoms with E-state index in [4.69, 9.17) is 9.47 Å². The Balaban J connectivity index is 2.68. The number of hydrogen-bond donors (Lipinski definition) is 0. The monoisotopic (exact) mass is 307 g/mol. The van der Waals surface area contributed by atoms with Crippen LogP contribution in [0.5, 0.6) is 0 Å². The van der Waals surface area contributed by atoms with E-state index >= 15 is 0 Å². The number of likely N-dealkylation sites (N-methyl/N-ethyl adjacent to an activating group) is 1. The highest BCUT2D eigenvalue weighted by Crippen LogP contribution is 2.10. The van der Waals surface area contributed by atoms with E-state index in [-0.39, 0.29) is 18.2 Å². The molecule has 0 aliphatic rings. The minimum absolute atomic E-state index is 0.331. The lowest BCUT2D eigenvalue weighted by molar-refractivity contribution is 0.0165. The molecule has 0 aromatic heterocycles. The number of hydrogen-bond acceptors (Lipinski definition) is 4. The summed E-state index contributed by atoms with van der Waals surface area (Å²) in [5, 5.41) is 0. The van der Waals surface area contributed by atoms with Gasteiger partial charge in [0.15, 0.2) is 0 Å². The maximum atomic E-state index is 12.1. The Morgan fingerprint density at radius 1 is 1.14 bits per heavy atom.